The van der Waals surface area contributed by atoms with Crippen LogP contribution in [0.5, 0.6) is 0 Å². The minimum absolute atomic E-state index is 0.0321. The molecule has 4 aromatic carbocycles. The Balaban J connectivity index is 1.53. The van der Waals surface area contributed by atoms with Gasteiger partial charge in [0.15, 0.2) is 10.7 Å². The number of hydrogen-bond donors (Lipinski definition) is 3. The van der Waals surface area contributed by atoms with E-state index in [1.165, 1.54) is 0 Å². The van der Waals surface area contributed by atoms with E-state index in [4.69, 9.17) is 9.97 Å². The molecule has 0 saturated carbocycles. The van der Waals surface area contributed by atoms with Crippen molar-refractivity contribution in [1.82, 2.24) is 19.9 Å². The third kappa shape index (κ3) is 5.11. The topological polar surface area (TPSA) is 106 Å². The minimum Gasteiger partial charge on any atom is -0.500 e. The van der Waals surface area contributed by atoms with Gasteiger partial charge in [-0.25, -0.2) is 9.97 Å². The summed E-state index contributed by atoms with van der Waals surface area (Å²) in [6.45, 7) is 0. The van der Waals surface area contributed by atoms with Crippen LogP contribution < -0.4 is 0 Å². The van der Waals surface area contributed by atoms with Gasteiger partial charge in [0.1, 0.15) is 5.69 Å². The van der Waals surface area contributed by atoms with Gasteiger partial charge in [0.05, 0.1) is 11.4 Å². The van der Waals surface area contributed by atoms with Gasteiger partial charge in [-0.15, -0.1) is 0 Å². The number of rotatable bonds is 4. The molecular formula is C44H29N6O+. The molecule has 0 radical (unpaired) electrons. The predicted molar refractivity (Wildman–Crippen MR) is 206 cm³/mol. The van der Waals surface area contributed by atoms with Crippen LogP contribution in [0, 0.1) is 5.39 Å². The van der Waals surface area contributed by atoms with Crippen molar-refractivity contribution in [2.24, 2.45) is 0 Å². The monoisotopic (exact) mass is 657 g/mol. The van der Waals surface area contributed by atoms with Crippen LogP contribution in [-0.4, -0.2) is 25.0 Å². The maximum absolute atomic E-state index is 11.9. The van der Waals surface area contributed by atoms with E-state index in [9.17, 15) is 10.5 Å². The summed E-state index contributed by atoms with van der Waals surface area (Å²) in [5.74, 6) is -0.232. The zero-order chi connectivity index (χ0) is 34.3. The fraction of sp³-hybridized carbons (Fsp3) is 0. The number of fused-ring (bicyclic) bond motifs is 8. The zero-order valence-electron chi connectivity index (χ0n) is 27.2. The van der Waals surface area contributed by atoms with E-state index in [1.807, 2.05) is 121 Å². The Morgan fingerprint density at radius 2 is 0.824 bits per heavy atom. The first kappa shape index (κ1) is 29.8. The first-order valence-electron chi connectivity index (χ1n) is 16.7. The van der Waals surface area contributed by atoms with Gasteiger partial charge in [-0.1, -0.05) is 121 Å². The van der Waals surface area contributed by atoms with Gasteiger partial charge in [-0.2, -0.15) is 0 Å². The van der Waals surface area contributed by atoms with Gasteiger partial charge in [-0.3, -0.25) is 0 Å². The van der Waals surface area contributed by atoms with Gasteiger partial charge < -0.3 is 15.1 Å². The predicted octanol–water partition coefficient (Wildman–Crippen LogP) is 11.4. The van der Waals surface area contributed by atoms with E-state index in [2.05, 4.69) is 51.3 Å². The molecule has 7 nitrogen and oxygen atoms in total. The van der Waals surface area contributed by atoms with Crippen molar-refractivity contribution >= 4 is 45.7 Å². The molecule has 9 rings (SSSR count). The molecule has 0 fully saturated rings. The first-order valence-corrected chi connectivity index (χ1v) is 16.7. The van der Waals surface area contributed by atoms with Crippen LogP contribution in [0.1, 0.15) is 22.8 Å². The van der Waals surface area contributed by atoms with E-state index in [0.717, 1.165) is 61.1 Å². The Morgan fingerprint density at radius 1 is 0.431 bits per heavy atom. The highest BCUT2D eigenvalue weighted by Crippen LogP contribution is 2.43. The van der Waals surface area contributed by atoms with E-state index in [0.29, 0.717) is 22.5 Å². The molecule has 51 heavy (non-hydrogen) atoms. The first-order chi connectivity index (χ1) is 25.2. The molecule has 8 bridgehead atoms. The average Bonchev–Trinajstić information content (AvgIpc) is 4.01. The quantitative estimate of drug-likeness (QED) is 0.164. The average molecular weight is 658 g/mol. The molecule has 2 aliphatic rings. The SMILES string of the molecule is N#[N+]C1=C(O)c2nc1c(-c1ccccc1)c1nc(c(-c3ccccc3)c3ccc([nH]3)c(-c3ccccc3)c3ccc([nH]3)c2-c2ccccc2)C=C1. The van der Waals surface area contributed by atoms with Gasteiger partial charge in [0.2, 0.25) is 11.2 Å². The Kier molecular flexibility index (Phi) is 7.19. The summed E-state index contributed by atoms with van der Waals surface area (Å²) in [5.41, 5.74) is 12.2. The Hall–Kier alpha value is -7.30. The summed E-state index contributed by atoms with van der Waals surface area (Å²) in [5, 5.41) is 22.4. The van der Waals surface area contributed by atoms with Crippen LogP contribution in [0.25, 0.3) is 95.2 Å². The summed E-state index contributed by atoms with van der Waals surface area (Å²) in [6, 6.07) is 48.3. The maximum Gasteiger partial charge on any atom is 0.454 e. The molecule has 2 aliphatic heterocycles. The molecule has 3 aromatic heterocycles. The largest absolute Gasteiger partial charge is 0.500 e. The summed E-state index contributed by atoms with van der Waals surface area (Å²) in [7, 11) is 0. The van der Waals surface area contributed by atoms with Crippen molar-refractivity contribution < 1.29 is 5.11 Å². The molecule has 5 heterocycles. The number of aliphatic hydroxyl groups is 1. The molecule has 0 spiro atoms. The third-order valence-corrected chi connectivity index (χ3v) is 9.32. The van der Waals surface area contributed by atoms with Crippen LogP contribution in [0.4, 0.5) is 0 Å². The number of diazo groups is 1. The second-order valence-electron chi connectivity index (χ2n) is 12.4. The lowest BCUT2D eigenvalue weighted by molar-refractivity contribution is 0.514. The Labute approximate surface area is 293 Å². The van der Waals surface area contributed by atoms with E-state index in [1.54, 1.807) is 0 Å². The maximum atomic E-state index is 11.9. The van der Waals surface area contributed by atoms with Crippen LogP contribution in [0.15, 0.2) is 146 Å². The smallest absolute Gasteiger partial charge is 0.454 e. The molecule has 7 aromatic rings. The highest BCUT2D eigenvalue weighted by Gasteiger charge is 2.37. The number of nitrogens with zero attached hydrogens (tertiary/aromatic N) is 4. The second kappa shape index (κ2) is 12.3. The number of aromatic amines is 2. The van der Waals surface area contributed by atoms with Crippen molar-refractivity contribution in [3.05, 3.63) is 173 Å². The van der Waals surface area contributed by atoms with Crippen molar-refractivity contribution in [1.29, 1.82) is 5.39 Å². The van der Waals surface area contributed by atoms with E-state index < -0.39 is 0 Å². The molecular weight excluding hydrogens is 629 g/mol. The van der Waals surface area contributed by atoms with E-state index in [-0.39, 0.29) is 17.2 Å². The number of aromatic nitrogens is 4. The number of benzene rings is 4. The molecule has 7 heteroatoms. The van der Waals surface area contributed by atoms with E-state index >= 15 is 0 Å². The summed E-state index contributed by atoms with van der Waals surface area (Å²) < 4.78 is 0. The van der Waals surface area contributed by atoms with Gasteiger partial charge in [0.25, 0.3) is 0 Å². The van der Waals surface area contributed by atoms with Crippen molar-refractivity contribution in [3.8, 4) is 44.5 Å². The van der Waals surface area contributed by atoms with Crippen LogP contribution in [0.2, 0.25) is 0 Å². The minimum atomic E-state index is -0.232. The molecule has 3 N–H and O–H groups in total. The van der Waals surface area contributed by atoms with Gasteiger partial charge in [0, 0.05) is 44.3 Å². The molecule has 0 aliphatic carbocycles. The molecule has 0 amide bonds. The van der Waals surface area contributed by atoms with Crippen LogP contribution in [0.3, 0.4) is 0 Å². The third-order valence-electron chi connectivity index (χ3n) is 9.32. The summed E-state index contributed by atoms with van der Waals surface area (Å²) >= 11 is 0. The van der Waals surface area contributed by atoms with Gasteiger partial charge >= 0.3 is 5.70 Å². The fourth-order valence-corrected chi connectivity index (χ4v) is 7.04. The lowest BCUT2D eigenvalue weighted by Crippen LogP contribution is -1.92. The Bertz CT molecular complexity index is 2740. The number of H-pyrrole nitrogens is 2. The number of aliphatic hydroxyl groups excluding tert-OH is 1. The lowest BCUT2D eigenvalue weighted by Gasteiger charge is -2.06. The summed E-state index contributed by atoms with van der Waals surface area (Å²) in [6.07, 6.45) is 3.95. The second-order valence-corrected chi connectivity index (χ2v) is 12.4. The molecule has 0 atom stereocenters. The van der Waals surface area contributed by atoms with Gasteiger partial charge in [-0.05, 0) is 58.7 Å². The molecule has 0 saturated heterocycles. The zero-order valence-corrected chi connectivity index (χ0v) is 27.2. The standard InChI is InChI=1S/C44H28N6O/c45-50-43-41-39(29-17-9-3-10-18-29)35-25-23-33(47-35)37(27-13-5-1-6-14-27)31-21-22-32(46-31)38(28-15-7-2-8-16-28)34-24-26-36(48-34)40(42(49-41)44(43)51)30-19-11-4-12-20-30/h1-26,45H,(H,46,47,48,49,51)/p+1. The van der Waals surface area contributed by atoms with Crippen LogP contribution >= 0.6 is 0 Å². The highest BCUT2D eigenvalue weighted by atomic mass is 16.3. The lowest BCUT2D eigenvalue weighted by atomic mass is 10.0. The Morgan fingerprint density at radius 3 is 1.31 bits per heavy atom. The number of nitrogens with one attached hydrogen (secondary N) is 2. The number of hydrogen-bond acceptors (Lipinski definition) is 4. The summed E-state index contributed by atoms with van der Waals surface area (Å²) in [4.78, 5) is 21.4. The van der Waals surface area contributed by atoms with Crippen LogP contribution in [-0.2, 0) is 0 Å². The van der Waals surface area contributed by atoms with Crippen molar-refractivity contribution in [3.63, 3.8) is 0 Å². The highest BCUT2D eigenvalue weighted by molar-refractivity contribution is 6.04. The molecule has 240 valence electrons. The van der Waals surface area contributed by atoms with Crippen molar-refractivity contribution in [2.45, 2.75) is 0 Å². The molecule has 0 unspecified atom stereocenters. The fourth-order valence-electron chi connectivity index (χ4n) is 7.04. The normalized spacial score (nSPS) is 12.2. The van der Waals surface area contributed by atoms with Crippen molar-refractivity contribution in [2.75, 3.05) is 0 Å².